The summed E-state index contributed by atoms with van der Waals surface area (Å²) in [7, 11) is 0. The number of ether oxygens (including phenoxy) is 1. The maximum atomic E-state index is 13.9. The predicted octanol–water partition coefficient (Wildman–Crippen LogP) is 6.13. The third-order valence-electron chi connectivity index (χ3n) is 7.31. The van der Waals surface area contributed by atoms with Crippen LogP contribution >= 0.6 is 0 Å². The van der Waals surface area contributed by atoms with Crippen molar-refractivity contribution in [3.05, 3.63) is 59.0 Å². The Morgan fingerprint density at radius 3 is 2.38 bits per heavy atom. The van der Waals surface area contributed by atoms with Crippen LogP contribution in [0.1, 0.15) is 57.7 Å². The lowest BCUT2D eigenvalue weighted by Gasteiger charge is -2.30. The summed E-state index contributed by atoms with van der Waals surface area (Å²) in [5.74, 6) is -3.95. The molecule has 1 aliphatic carbocycles. The smallest absolute Gasteiger partial charge is 0.418 e. The molecule has 0 unspecified atom stereocenters. The van der Waals surface area contributed by atoms with Crippen LogP contribution in [0.3, 0.4) is 0 Å². The number of carbonyl (C=O) groups excluding carboxylic acids is 2. The van der Waals surface area contributed by atoms with Crippen molar-refractivity contribution in [1.29, 1.82) is 0 Å². The highest BCUT2D eigenvalue weighted by atomic mass is 19.4. The van der Waals surface area contributed by atoms with Crippen molar-refractivity contribution in [1.82, 2.24) is 30.7 Å². The fourth-order valence-electron chi connectivity index (χ4n) is 5.01. The van der Waals surface area contributed by atoms with E-state index in [4.69, 9.17) is 9.26 Å². The molecule has 0 spiro atoms. The SMILES string of the molecule is O=C(NCc1ccc(C(F)(F)F)c(Nc2nc3nc(OCC(F)F)c(C(=O)NC4CCC(C(F)(F)F)CC4)cc3[nH]2)c1)c1ccno1. The Hall–Kier alpha value is -4.97. The van der Waals surface area contributed by atoms with Crippen molar-refractivity contribution in [2.75, 3.05) is 11.9 Å². The second-order valence-electron chi connectivity index (χ2n) is 10.6. The fraction of sp³-hybridized carbons (Fsp3) is 0.393. The lowest BCUT2D eigenvalue weighted by molar-refractivity contribution is -0.182. The number of aromatic nitrogens is 4. The number of benzene rings is 1. The molecule has 4 aromatic rings. The minimum Gasteiger partial charge on any atom is -0.471 e. The predicted molar refractivity (Wildman–Crippen MR) is 147 cm³/mol. The Kier molecular flexibility index (Phi) is 9.53. The lowest BCUT2D eigenvalue weighted by Crippen LogP contribution is -2.40. The molecule has 1 fully saturated rings. The molecule has 11 nitrogen and oxygen atoms in total. The molecule has 5 rings (SSSR count). The Bertz CT molecular complexity index is 1720. The van der Waals surface area contributed by atoms with Gasteiger partial charge in [0, 0.05) is 18.7 Å². The Balaban J connectivity index is 1.38. The zero-order valence-electron chi connectivity index (χ0n) is 23.9. The number of anilines is 2. The van der Waals surface area contributed by atoms with Crippen LogP contribution in [-0.2, 0) is 12.7 Å². The van der Waals surface area contributed by atoms with Crippen molar-refractivity contribution in [3.8, 4) is 5.88 Å². The summed E-state index contributed by atoms with van der Waals surface area (Å²) in [6.07, 6.45) is -11.2. The summed E-state index contributed by atoms with van der Waals surface area (Å²) in [6.45, 7) is -1.34. The second kappa shape index (κ2) is 13.4. The molecular formula is C28H25F8N7O4. The molecular weight excluding hydrogens is 650 g/mol. The number of rotatable bonds is 10. The van der Waals surface area contributed by atoms with Crippen molar-refractivity contribution >= 4 is 34.6 Å². The van der Waals surface area contributed by atoms with Crippen LogP contribution in [0.2, 0.25) is 0 Å². The van der Waals surface area contributed by atoms with E-state index in [1.54, 1.807) is 0 Å². The van der Waals surface area contributed by atoms with Gasteiger partial charge in [-0.2, -0.15) is 36.3 Å². The van der Waals surface area contributed by atoms with Crippen LogP contribution in [0.15, 0.2) is 41.1 Å². The normalized spacial score (nSPS) is 17.1. The molecule has 47 heavy (non-hydrogen) atoms. The highest BCUT2D eigenvalue weighted by molar-refractivity contribution is 5.99. The van der Waals surface area contributed by atoms with Gasteiger partial charge >= 0.3 is 12.4 Å². The number of nitrogens with zero attached hydrogens (tertiary/aromatic N) is 3. The Labute approximate surface area is 259 Å². The molecule has 0 bridgehead atoms. The molecule has 1 aliphatic rings. The molecule has 0 aliphatic heterocycles. The minimum atomic E-state index is -4.81. The number of hydrogen-bond acceptors (Lipinski definition) is 8. The zero-order chi connectivity index (χ0) is 33.9. The number of hydrogen-bond donors (Lipinski definition) is 4. The quantitative estimate of drug-likeness (QED) is 0.147. The number of pyridine rings is 1. The van der Waals surface area contributed by atoms with E-state index in [-0.39, 0.29) is 66.2 Å². The van der Waals surface area contributed by atoms with Gasteiger partial charge in [-0.25, -0.2) is 8.78 Å². The van der Waals surface area contributed by atoms with Gasteiger partial charge in [-0.1, -0.05) is 11.2 Å². The Morgan fingerprint density at radius 2 is 1.74 bits per heavy atom. The van der Waals surface area contributed by atoms with Gasteiger partial charge in [-0.15, -0.1) is 0 Å². The number of aromatic amines is 1. The van der Waals surface area contributed by atoms with E-state index < -0.39 is 66.3 Å². The van der Waals surface area contributed by atoms with E-state index in [2.05, 4.69) is 36.1 Å². The monoisotopic (exact) mass is 675 g/mol. The van der Waals surface area contributed by atoms with Gasteiger partial charge in [-0.05, 0) is 49.4 Å². The third-order valence-corrected chi connectivity index (χ3v) is 7.31. The number of carbonyl (C=O) groups is 2. The number of alkyl halides is 8. The highest BCUT2D eigenvalue weighted by Crippen LogP contribution is 2.38. The van der Waals surface area contributed by atoms with Gasteiger partial charge in [0.2, 0.25) is 17.6 Å². The van der Waals surface area contributed by atoms with E-state index >= 15 is 0 Å². The van der Waals surface area contributed by atoms with E-state index in [0.29, 0.717) is 0 Å². The average Bonchev–Trinajstić information content (AvgIpc) is 3.67. The van der Waals surface area contributed by atoms with Gasteiger partial charge in [0.25, 0.3) is 18.2 Å². The zero-order valence-corrected chi connectivity index (χ0v) is 23.9. The number of halogens is 8. The lowest BCUT2D eigenvalue weighted by atomic mass is 9.85. The number of amides is 2. The molecule has 1 saturated carbocycles. The van der Waals surface area contributed by atoms with Gasteiger partial charge in [0.15, 0.2) is 12.3 Å². The van der Waals surface area contributed by atoms with Crippen molar-refractivity contribution in [3.63, 3.8) is 0 Å². The third kappa shape index (κ3) is 8.25. The maximum absolute atomic E-state index is 13.9. The van der Waals surface area contributed by atoms with Crippen LogP contribution in [0.5, 0.6) is 5.88 Å². The van der Waals surface area contributed by atoms with Crippen molar-refractivity contribution < 1.29 is 54.0 Å². The summed E-state index contributed by atoms with van der Waals surface area (Å²) in [4.78, 5) is 36.0. The first-order chi connectivity index (χ1) is 22.2. The van der Waals surface area contributed by atoms with E-state index in [1.165, 1.54) is 12.3 Å². The second-order valence-corrected chi connectivity index (χ2v) is 10.6. The molecule has 0 atom stereocenters. The summed E-state index contributed by atoms with van der Waals surface area (Å²) >= 11 is 0. The van der Waals surface area contributed by atoms with Crippen molar-refractivity contribution in [2.24, 2.45) is 5.92 Å². The van der Waals surface area contributed by atoms with E-state index in [0.717, 1.165) is 24.3 Å². The summed E-state index contributed by atoms with van der Waals surface area (Å²) in [6, 6.07) is 4.87. The van der Waals surface area contributed by atoms with Crippen molar-refractivity contribution in [2.45, 2.75) is 57.0 Å². The molecule has 1 aromatic carbocycles. The number of fused-ring (bicyclic) bond motifs is 1. The standard InChI is InChI=1S/C28H25F8N7O4/c29-21(30)12-46-25-16(23(44)39-15-4-2-14(3-5-15)27(31,32)33)10-19-22(42-25)43-26(41-19)40-18-9-13(1-6-17(18)28(34,35)36)11-37-24(45)20-7-8-38-47-20/h1,6-10,14-15,21H,2-5,11-12H2,(H,37,45)(H,39,44)(H2,40,41,42,43). The van der Waals surface area contributed by atoms with Crippen LogP contribution < -0.4 is 20.7 Å². The summed E-state index contributed by atoms with van der Waals surface area (Å²) in [5.41, 5.74) is -1.84. The molecule has 2 amide bonds. The van der Waals surface area contributed by atoms with Crippen LogP contribution in [0.25, 0.3) is 11.2 Å². The molecule has 3 aromatic heterocycles. The van der Waals surface area contributed by atoms with E-state index in [9.17, 15) is 44.7 Å². The van der Waals surface area contributed by atoms with Gasteiger partial charge < -0.3 is 30.2 Å². The largest absolute Gasteiger partial charge is 0.471 e. The first kappa shape index (κ1) is 33.4. The minimum absolute atomic E-state index is 0.00635. The average molecular weight is 676 g/mol. The molecule has 252 valence electrons. The number of imidazole rings is 1. The molecule has 3 heterocycles. The fourth-order valence-corrected chi connectivity index (χ4v) is 5.01. The van der Waals surface area contributed by atoms with Gasteiger partial charge in [0.05, 0.1) is 28.9 Å². The van der Waals surface area contributed by atoms with Gasteiger partial charge in [-0.3, -0.25) is 9.59 Å². The topological polar surface area (TPSA) is 147 Å². The Morgan fingerprint density at radius 1 is 1.00 bits per heavy atom. The molecule has 19 heteroatoms. The highest BCUT2D eigenvalue weighted by Gasteiger charge is 2.41. The van der Waals surface area contributed by atoms with E-state index in [1.807, 2.05) is 0 Å². The molecule has 0 radical (unpaired) electrons. The first-order valence-corrected chi connectivity index (χ1v) is 14.0. The summed E-state index contributed by atoms with van der Waals surface area (Å²) < 4.78 is 116. The molecule has 0 saturated heterocycles. The molecule has 4 N–H and O–H groups in total. The number of nitrogens with one attached hydrogen (secondary N) is 4. The number of H-pyrrole nitrogens is 1. The van der Waals surface area contributed by atoms with Crippen LogP contribution in [0, 0.1) is 5.92 Å². The van der Waals surface area contributed by atoms with Crippen LogP contribution in [0.4, 0.5) is 46.8 Å². The maximum Gasteiger partial charge on any atom is 0.418 e. The van der Waals surface area contributed by atoms with Crippen LogP contribution in [-0.4, -0.2) is 57.2 Å². The summed E-state index contributed by atoms with van der Waals surface area (Å²) in [5, 5.41) is 11.0. The first-order valence-electron chi connectivity index (χ1n) is 14.0. The van der Waals surface area contributed by atoms with Gasteiger partial charge in [0.1, 0.15) is 5.56 Å².